The van der Waals surface area contributed by atoms with Gasteiger partial charge in [-0.1, -0.05) is 0 Å². The van der Waals surface area contributed by atoms with Crippen molar-refractivity contribution in [2.75, 3.05) is 13.1 Å². The lowest BCUT2D eigenvalue weighted by molar-refractivity contribution is -0.362. The highest BCUT2D eigenvalue weighted by Gasteiger charge is 1.37. The van der Waals surface area contributed by atoms with Gasteiger partial charge >= 0.3 is 0 Å². The third-order valence-electron chi connectivity index (χ3n) is 0. The quantitative estimate of drug-likeness (QED) is 0.397. The van der Waals surface area contributed by atoms with Crippen LogP contribution in [0.4, 0.5) is 0 Å². The van der Waals surface area contributed by atoms with E-state index >= 15 is 0 Å². The zero-order valence-corrected chi connectivity index (χ0v) is 7.93. The highest BCUT2D eigenvalue weighted by molar-refractivity contribution is 3.80. The van der Waals surface area contributed by atoms with Crippen LogP contribution in [0.25, 0.3) is 0 Å². The average Bonchev–Trinajstić information content (AvgIpc) is 1.39. The molecule has 0 radical (unpaired) electrons. The van der Waals surface area contributed by atoms with Crippen LogP contribution >= 0.6 is 0 Å². The van der Waals surface area contributed by atoms with E-state index in [9.17, 15) is 0 Å². The average molecular weight is 208 g/mol. The summed E-state index contributed by atoms with van der Waals surface area (Å²) in [5, 5.41) is 0. The highest BCUT2D eigenvalue weighted by atomic mass is 79.9. The maximum Gasteiger partial charge on any atom is 0.0711 e. The molecule has 0 aliphatic heterocycles. The number of rotatable bonds is 0. The van der Waals surface area contributed by atoms with Crippen molar-refractivity contribution in [3.63, 3.8) is 0 Å². The van der Waals surface area contributed by atoms with Crippen molar-refractivity contribution in [1.29, 1.82) is 0 Å². The second-order valence-electron chi connectivity index (χ2n) is 1.000. The van der Waals surface area contributed by atoms with E-state index in [-0.39, 0.29) is 29.4 Å². The van der Waals surface area contributed by atoms with Crippen LogP contribution in [-0.4, -0.2) is 13.1 Å². The van der Waals surface area contributed by atoms with Crippen LogP contribution < -0.4 is 40.9 Å². The Morgan fingerprint density at radius 1 is 1.00 bits per heavy atom. The topological polar surface area (TPSA) is 55.3 Å². The van der Waals surface area contributed by atoms with Gasteiger partial charge < -0.3 is 40.9 Å². The molecule has 0 amide bonds. The van der Waals surface area contributed by atoms with Gasteiger partial charge in [-0.25, -0.2) is 0 Å². The molecule has 2 nitrogen and oxygen atoms in total. The molecule has 6 N–H and O–H groups in total. The molecule has 0 spiro atoms. The summed E-state index contributed by atoms with van der Waals surface area (Å²) in [4.78, 5) is 0. The Bertz CT molecular complexity index is 16.0. The Balaban J connectivity index is -0.0000000160. The molecule has 0 heterocycles. The monoisotopic (exact) mass is 206 g/mol. The van der Waals surface area contributed by atoms with Crippen LogP contribution in [0.1, 0.15) is 13.8 Å². The molecule has 56 valence electrons. The minimum Gasteiger partial charge on any atom is -1.00 e. The van der Waals surface area contributed by atoms with Crippen molar-refractivity contribution in [3.05, 3.63) is 0 Å². The van der Waals surface area contributed by atoms with Gasteiger partial charge in [0.1, 0.15) is 0 Å². The van der Waals surface area contributed by atoms with E-state index in [1.165, 1.54) is 0 Å². The van der Waals surface area contributed by atoms with E-state index in [1.807, 2.05) is 13.8 Å². The summed E-state index contributed by atoms with van der Waals surface area (Å²) in [6.45, 7) is 6.03. The van der Waals surface area contributed by atoms with E-state index in [0.29, 0.717) is 0 Å². The van der Waals surface area contributed by atoms with Gasteiger partial charge in [0.2, 0.25) is 0 Å². The van der Waals surface area contributed by atoms with Gasteiger partial charge in [0.15, 0.2) is 0 Å². The lowest BCUT2D eigenvalue weighted by atomic mass is 10.8. The lowest BCUT2D eigenvalue weighted by Crippen LogP contribution is -3.00. The van der Waals surface area contributed by atoms with Crippen molar-refractivity contribution in [1.82, 2.24) is 0 Å². The fraction of sp³-hybridized carbons (Fsp3) is 1.00. The van der Waals surface area contributed by atoms with Crippen LogP contribution in [-0.2, 0) is 0 Å². The Morgan fingerprint density at radius 2 is 1.00 bits per heavy atom. The fourth-order valence-corrected chi connectivity index (χ4v) is 0. The summed E-state index contributed by atoms with van der Waals surface area (Å²) in [7, 11) is 0. The minimum absolute atomic E-state index is 0. The minimum atomic E-state index is 0. The summed E-state index contributed by atoms with van der Waals surface area (Å²) in [6.07, 6.45) is 0. The molecule has 4 heteroatoms. The zero-order valence-electron chi connectivity index (χ0n) is 5.58. The van der Waals surface area contributed by atoms with Gasteiger partial charge in [-0.05, 0) is 13.8 Å². The van der Waals surface area contributed by atoms with Crippen LogP contribution in [0, 0.1) is 0 Å². The van der Waals surface area contributed by atoms with Crippen LogP contribution in [0.2, 0.25) is 0 Å². The van der Waals surface area contributed by atoms with Gasteiger partial charge in [-0.15, -0.1) is 0 Å². The van der Waals surface area contributed by atoms with E-state index < -0.39 is 0 Å². The normalized spacial score (nSPS) is 4.50. The highest BCUT2D eigenvalue weighted by Crippen LogP contribution is 1.14. The molecule has 0 fully saturated rings. The summed E-state index contributed by atoms with van der Waals surface area (Å²) in [5.41, 5.74) is 6.97. The van der Waals surface area contributed by atoms with E-state index in [0.717, 1.165) is 13.1 Å². The molecule has 0 atom stereocenters. The van der Waals surface area contributed by atoms with Gasteiger partial charge in [-0.2, -0.15) is 0 Å². The molecule has 0 saturated carbocycles. The Kier molecular flexibility index (Phi) is 139. The van der Waals surface area contributed by atoms with Crippen molar-refractivity contribution in [2.24, 2.45) is 0 Å². The van der Waals surface area contributed by atoms with Crippen LogP contribution in [0.3, 0.4) is 0 Å². The maximum atomic E-state index is 3.49. The number of quaternary nitrogens is 2. The summed E-state index contributed by atoms with van der Waals surface area (Å²) < 4.78 is 0. The molecule has 0 unspecified atom stereocenters. The summed E-state index contributed by atoms with van der Waals surface area (Å²) in [6, 6.07) is 0. The largest absolute Gasteiger partial charge is 1.00 e. The first kappa shape index (κ1) is 23.4. The second-order valence-corrected chi connectivity index (χ2v) is 1.000. The van der Waals surface area contributed by atoms with Crippen molar-refractivity contribution >= 4 is 0 Å². The molecular formula is C4H16BrClN2. The first-order valence-electron chi connectivity index (χ1n) is 2.41. The van der Waals surface area contributed by atoms with E-state index in [4.69, 9.17) is 0 Å². The Labute approximate surface area is 68.2 Å². The van der Waals surface area contributed by atoms with Crippen molar-refractivity contribution < 1.29 is 40.9 Å². The Hall–Kier alpha value is 0.690. The second kappa shape index (κ2) is 47.6. The SMILES string of the molecule is CC[NH3+].CC[NH3+].[Br-].[Cl-]. The third-order valence-corrected chi connectivity index (χ3v) is 0. The smallest absolute Gasteiger partial charge is 0.0711 e. The molecule has 0 aromatic rings. The Morgan fingerprint density at radius 3 is 1.00 bits per heavy atom. The molecule has 8 heavy (non-hydrogen) atoms. The maximum absolute atomic E-state index is 3.49. The molecular weight excluding hydrogens is 191 g/mol. The van der Waals surface area contributed by atoms with Crippen LogP contribution in [0.15, 0.2) is 0 Å². The molecule has 0 aromatic carbocycles. The first-order valence-corrected chi connectivity index (χ1v) is 2.41. The molecule has 0 aliphatic carbocycles. The summed E-state index contributed by atoms with van der Waals surface area (Å²) in [5.74, 6) is 0. The van der Waals surface area contributed by atoms with Crippen LogP contribution in [0.5, 0.6) is 0 Å². The molecule has 0 aliphatic rings. The number of hydrogen-bond donors (Lipinski definition) is 2. The fourth-order valence-electron chi connectivity index (χ4n) is 0. The number of halogens is 2. The van der Waals surface area contributed by atoms with Crippen molar-refractivity contribution in [2.45, 2.75) is 13.8 Å². The van der Waals surface area contributed by atoms with E-state index in [1.54, 1.807) is 0 Å². The molecule has 0 rings (SSSR count). The zero-order chi connectivity index (χ0) is 5.41. The molecule has 0 bridgehead atoms. The molecule has 0 aromatic heterocycles. The van der Waals surface area contributed by atoms with Crippen molar-refractivity contribution in [3.8, 4) is 0 Å². The predicted octanol–water partition coefficient (Wildman–Crippen LogP) is -7.50. The van der Waals surface area contributed by atoms with E-state index in [2.05, 4.69) is 11.5 Å². The standard InChI is InChI=1S/2C2H7N.BrH.ClH/c2*1-2-3;;/h2*2-3H2,1H3;2*1H. The van der Waals surface area contributed by atoms with Gasteiger partial charge in [-0.3, -0.25) is 0 Å². The predicted molar refractivity (Wildman–Crippen MR) is 26.9 cm³/mol. The number of hydrogen-bond acceptors (Lipinski definition) is 0. The summed E-state index contributed by atoms with van der Waals surface area (Å²) >= 11 is 0. The molecule has 0 saturated heterocycles. The van der Waals surface area contributed by atoms with Gasteiger partial charge in [0.25, 0.3) is 0 Å². The first-order chi connectivity index (χ1) is 2.83. The third kappa shape index (κ3) is 455. The lowest BCUT2D eigenvalue weighted by Gasteiger charge is -1.49. The van der Waals surface area contributed by atoms with Gasteiger partial charge in [0.05, 0.1) is 13.1 Å². The van der Waals surface area contributed by atoms with Gasteiger partial charge in [0, 0.05) is 0 Å².